The van der Waals surface area contributed by atoms with Gasteiger partial charge in [-0.25, -0.2) is 0 Å². The van der Waals surface area contributed by atoms with Gasteiger partial charge < -0.3 is 15.2 Å². The summed E-state index contributed by atoms with van der Waals surface area (Å²) in [6.07, 6.45) is 1.97. The van der Waals surface area contributed by atoms with E-state index >= 15 is 0 Å². The van der Waals surface area contributed by atoms with Crippen molar-refractivity contribution in [1.29, 1.82) is 0 Å². The summed E-state index contributed by atoms with van der Waals surface area (Å²) in [5.74, 6) is 0.457. The average molecular weight is 299 g/mol. The summed E-state index contributed by atoms with van der Waals surface area (Å²) in [5, 5.41) is 4.07. The lowest BCUT2D eigenvalue weighted by Gasteiger charge is -2.31. The van der Waals surface area contributed by atoms with Gasteiger partial charge in [0.2, 0.25) is 0 Å². The number of piperidine rings is 1. The molecular weight excluding hydrogens is 278 g/mol. The fraction of sp³-hybridized carbons (Fsp3) is 0.412. The van der Waals surface area contributed by atoms with E-state index in [1.54, 1.807) is 11.0 Å². The second-order valence-electron chi connectivity index (χ2n) is 5.89. The van der Waals surface area contributed by atoms with Crippen molar-refractivity contribution in [3.8, 4) is 0 Å². The van der Waals surface area contributed by atoms with E-state index in [-0.39, 0.29) is 17.0 Å². The molecule has 1 fully saturated rings. The van der Waals surface area contributed by atoms with Crippen LogP contribution in [-0.2, 0) is 0 Å². The normalized spacial score (nSPS) is 16.1. The Kier molecular flexibility index (Phi) is 4.24. The molecule has 116 valence electrons. The molecule has 1 aliphatic heterocycles. The standard InChI is InChI=1S/C17H21N3O2/c1-18-11-12-6-8-20(9-7-12)17(22)14-10-13-4-2-3-5-15(13)19-16(14)21/h2-5,10,12,18H,6-9,11H2,1H3,(H,19,21). The van der Waals surface area contributed by atoms with Gasteiger partial charge in [0.15, 0.2) is 0 Å². The minimum Gasteiger partial charge on any atom is -0.338 e. The smallest absolute Gasteiger partial charge is 0.261 e. The van der Waals surface area contributed by atoms with Gasteiger partial charge in [0, 0.05) is 18.6 Å². The number of aromatic amines is 1. The van der Waals surface area contributed by atoms with E-state index in [1.807, 2.05) is 31.3 Å². The summed E-state index contributed by atoms with van der Waals surface area (Å²) in [4.78, 5) is 29.4. The molecule has 1 aromatic heterocycles. The zero-order chi connectivity index (χ0) is 15.5. The number of carbonyl (C=O) groups excluding carboxylic acids is 1. The number of fused-ring (bicyclic) bond motifs is 1. The van der Waals surface area contributed by atoms with Gasteiger partial charge in [-0.2, -0.15) is 0 Å². The second kappa shape index (κ2) is 6.32. The first-order chi connectivity index (χ1) is 10.7. The third kappa shape index (κ3) is 2.90. The molecule has 0 spiro atoms. The molecule has 2 aromatic rings. The van der Waals surface area contributed by atoms with Crippen molar-refractivity contribution in [2.75, 3.05) is 26.7 Å². The van der Waals surface area contributed by atoms with Crippen LogP contribution in [0.4, 0.5) is 0 Å². The highest BCUT2D eigenvalue weighted by Gasteiger charge is 2.24. The van der Waals surface area contributed by atoms with Crippen LogP contribution in [0.15, 0.2) is 35.1 Å². The zero-order valence-corrected chi connectivity index (χ0v) is 12.8. The van der Waals surface area contributed by atoms with Gasteiger partial charge in [0.05, 0.1) is 0 Å². The SMILES string of the molecule is CNCC1CCN(C(=O)c2cc3ccccc3[nH]c2=O)CC1. The van der Waals surface area contributed by atoms with Crippen molar-refractivity contribution >= 4 is 16.8 Å². The highest BCUT2D eigenvalue weighted by atomic mass is 16.2. The van der Waals surface area contributed by atoms with Crippen molar-refractivity contribution in [2.45, 2.75) is 12.8 Å². The minimum atomic E-state index is -0.305. The first-order valence-electron chi connectivity index (χ1n) is 7.75. The number of nitrogens with one attached hydrogen (secondary N) is 2. The third-order valence-electron chi connectivity index (χ3n) is 4.38. The number of hydrogen-bond acceptors (Lipinski definition) is 3. The molecule has 1 amide bonds. The third-order valence-corrected chi connectivity index (χ3v) is 4.38. The molecule has 22 heavy (non-hydrogen) atoms. The Morgan fingerprint density at radius 2 is 2.05 bits per heavy atom. The van der Waals surface area contributed by atoms with E-state index in [4.69, 9.17) is 0 Å². The quantitative estimate of drug-likeness (QED) is 0.905. The predicted molar refractivity (Wildman–Crippen MR) is 87.1 cm³/mol. The topological polar surface area (TPSA) is 65.2 Å². The predicted octanol–water partition coefficient (Wildman–Crippen LogP) is 1.60. The number of rotatable bonds is 3. The van der Waals surface area contributed by atoms with Crippen molar-refractivity contribution in [3.05, 3.63) is 46.2 Å². The van der Waals surface area contributed by atoms with Gasteiger partial charge in [0.25, 0.3) is 11.5 Å². The molecule has 1 aliphatic rings. The average Bonchev–Trinajstić information content (AvgIpc) is 2.54. The van der Waals surface area contributed by atoms with Crippen LogP contribution in [0, 0.1) is 5.92 Å². The van der Waals surface area contributed by atoms with E-state index in [0.717, 1.165) is 43.4 Å². The number of aromatic nitrogens is 1. The highest BCUT2D eigenvalue weighted by molar-refractivity contribution is 5.97. The number of amides is 1. The monoisotopic (exact) mass is 299 g/mol. The summed E-state index contributed by atoms with van der Waals surface area (Å²) in [6, 6.07) is 9.22. The van der Waals surface area contributed by atoms with Gasteiger partial charge in [-0.15, -0.1) is 0 Å². The molecule has 1 aromatic carbocycles. The van der Waals surface area contributed by atoms with Crippen LogP contribution in [0.3, 0.4) is 0 Å². The van der Waals surface area contributed by atoms with E-state index < -0.39 is 0 Å². The van der Waals surface area contributed by atoms with Crippen LogP contribution >= 0.6 is 0 Å². The highest BCUT2D eigenvalue weighted by Crippen LogP contribution is 2.18. The maximum Gasteiger partial charge on any atom is 0.261 e. The first-order valence-corrected chi connectivity index (χ1v) is 7.75. The summed E-state index contributed by atoms with van der Waals surface area (Å²) < 4.78 is 0. The lowest BCUT2D eigenvalue weighted by molar-refractivity contribution is 0.0689. The van der Waals surface area contributed by atoms with Crippen molar-refractivity contribution < 1.29 is 4.79 Å². The van der Waals surface area contributed by atoms with Gasteiger partial charge in [-0.3, -0.25) is 9.59 Å². The molecular formula is C17H21N3O2. The zero-order valence-electron chi connectivity index (χ0n) is 12.8. The fourth-order valence-electron chi connectivity index (χ4n) is 3.11. The molecule has 0 saturated carbocycles. The first kappa shape index (κ1) is 14.8. The van der Waals surface area contributed by atoms with Crippen LogP contribution in [-0.4, -0.2) is 42.5 Å². The Hall–Kier alpha value is -2.14. The Balaban J connectivity index is 1.81. The number of pyridine rings is 1. The summed E-state index contributed by atoms with van der Waals surface area (Å²) in [6.45, 7) is 2.42. The van der Waals surface area contributed by atoms with Gasteiger partial charge in [0.1, 0.15) is 5.56 Å². The number of nitrogens with zero attached hydrogens (tertiary/aromatic N) is 1. The summed E-state index contributed by atoms with van der Waals surface area (Å²) >= 11 is 0. The molecule has 0 radical (unpaired) electrons. The van der Waals surface area contributed by atoms with Gasteiger partial charge in [-0.1, -0.05) is 18.2 Å². The molecule has 5 heteroatoms. The molecule has 1 saturated heterocycles. The molecule has 0 aliphatic carbocycles. The molecule has 0 unspecified atom stereocenters. The minimum absolute atomic E-state index is 0.157. The molecule has 5 nitrogen and oxygen atoms in total. The van der Waals surface area contributed by atoms with Crippen LogP contribution in [0.5, 0.6) is 0 Å². The van der Waals surface area contributed by atoms with Crippen molar-refractivity contribution in [2.24, 2.45) is 5.92 Å². The maximum absolute atomic E-state index is 12.6. The molecule has 2 N–H and O–H groups in total. The van der Waals surface area contributed by atoms with Gasteiger partial charge >= 0.3 is 0 Å². The van der Waals surface area contributed by atoms with E-state index in [1.165, 1.54) is 0 Å². The van der Waals surface area contributed by atoms with E-state index in [2.05, 4.69) is 10.3 Å². The molecule has 0 bridgehead atoms. The number of H-pyrrole nitrogens is 1. The number of hydrogen-bond donors (Lipinski definition) is 2. The molecule has 3 rings (SSSR count). The number of benzene rings is 1. The van der Waals surface area contributed by atoms with Gasteiger partial charge in [-0.05, 0) is 49.9 Å². The molecule has 2 heterocycles. The van der Waals surface area contributed by atoms with Crippen LogP contribution in [0.1, 0.15) is 23.2 Å². The largest absolute Gasteiger partial charge is 0.338 e. The van der Waals surface area contributed by atoms with Crippen molar-refractivity contribution in [3.63, 3.8) is 0 Å². The Bertz CT molecular complexity index is 730. The Morgan fingerprint density at radius 3 is 2.77 bits per heavy atom. The maximum atomic E-state index is 12.6. The second-order valence-corrected chi connectivity index (χ2v) is 5.89. The summed E-state index contributed by atoms with van der Waals surface area (Å²) in [7, 11) is 1.95. The van der Waals surface area contributed by atoms with Crippen LogP contribution in [0.2, 0.25) is 0 Å². The number of likely N-dealkylation sites (tertiary alicyclic amines) is 1. The fourth-order valence-corrected chi connectivity index (χ4v) is 3.11. The molecule has 0 atom stereocenters. The van der Waals surface area contributed by atoms with Crippen LogP contribution in [0.25, 0.3) is 10.9 Å². The lowest BCUT2D eigenvalue weighted by atomic mass is 9.96. The van der Waals surface area contributed by atoms with E-state index in [0.29, 0.717) is 5.92 Å². The number of carbonyl (C=O) groups is 1. The van der Waals surface area contributed by atoms with Crippen molar-refractivity contribution in [1.82, 2.24) is 15.2 Å². The number of para-hydroxylation sites is 1. The lowest BCUT2D eigenvalue weighted by Crippen LogP contribution is -2.42. The van der Waals surface area contributed by atoms with E-state index in [9.17, 15) is 9.59 Å². The Labute approximate surface area is 129 Å². The Morgan fingerprint density at radius 1 is 1.32 bits per heavy atom. The summed E-state index contributed by atoms with van der Waals surface area (Å²) in [5.41, 5.74) is 0.698. The van der Waals surface area contributed by atoms with Crippen LogP contribution < -0.4 is 10.9 Å².